The van der Waals surface area contributed by atoms with Crippen molar-refractivity contribution in [1.29, 1.82) is 0 Å². The summed E-state index contributed by atoms with van der Waals surface area (Å²) >= 11 is 0. The van der Waals surface area contributed by atoms with Crippen LogP contribution in [0.15, 0.2) is 71.6 Å². The molecule has 0 amide bonds. The second kappa shape index (κ2) is 9.18. The number of hydrogen-bond acceptors (Lipinski definition) is 2. The smallest absolute Gasteiger partial charge is 0.244 e. The molecule has 1 aliphatic rings. The van der Waals surface area contributed by atoms with E-state index in [2.05, 4.69) is 54.6 Å². The third-order valence-corrected chi connectivity index (χ3v) is 9.11. The SMILES string of the molecule is Cc1cc(C)c(C)c(S(=O)(=O)N2CC[NH+](C(c3ccccc3)c3ccccc3)CC2)c1C. The molecule has 0 unspecified atom stereocenters. The molecule has 1 fully saturated rings. The number of piperazine rings is 1. The Hall–Kier alpha value is -2.47. The van der Waals surface area contributed by atoms with Crippen molar-refractivity contribution in [3.63, 3.8) is 0 Å². The molecule has 32 heavy (non-hydrogen) atoms. The highest BCUT2D eigenvalue weighted by atomic mass is 32.2. The fraction of sp³-hybridized carbons (Fsp3) is 0.333. The van der Waals surface area contributed by atoms with E-state index in [0.717, 1.165) is 35.3 Å². The predicted octanol–water partition coefficient (Wildman–Crippen LogP) is 3.60. The van der Waals surface area contributed by atoms with Gasteiger partial charge in [-0.1, -0.05) is 66.7 Å². The zero-order chi connectivity index (χ0) is 22.9. The second-order valence-electron chi connectivity index (χ2n) is 8.91. The van der Waals surface area contributed by atoms with E-state index in [1.165, 1.54) is 16.0 Å². The van der Waals surface area contributed by atoms with Crippen LogP contribution in [0.2, 0.25) is 0 Å². The van der Waals surface area contributed by atoms with Gasteiger partial charge in [-0.3, -0.25) is 0 Å². The van der Waals surface area contributed by atoms with Crippen LogP contribution in [0.1, 0.15) is 39.4 Å². The van der Waals surface area contributed by atoms with E-state index in [4.69, 9.17) is 0 Å². The molecule has 4 nitrogen and oxygen atoms in total. The van der Waals surface area contributed by atoms with Gasteiger partial charge in [-0.15, -0.1) is 0 Å². The highest BCUT2D eigenvalue weighted by Crippen LogP contribution is 2.29. The molecule has 3 aromatic carbocycles. The molecule has 0 bridgehead atoms. The minimum absolute atomic E-state index is 0.201. The lowest BCUT2D eigenvalue weighted by Crippen LogP contribution is -3.15. The highest BCUT2D eigenvalue weighted by molar-refractivity contribution is 7.89. The van der Waals surface area contributed by atoms with Crippen LogP contribution in [-0.4, -0.2) is 38.9 Å². The quantitative estimate of drug-likeness (QED) is 0.647. The van der Waals surface area contributed by atoms with Gasteiger partial charge in [0.2, 0.25) is 10.0 Å². The molecule has 1 N–H and O–H groups in total. The van der Waals surface area contributed by atoms with E-state index in [-0.39, 0.29) is 6.04 Å². The molecule has 0 aliphatic carbocycles. The first-order chi connectivity index (χ1) is 15.3. The summed E-state index contributed by atoms with van der Waals surface area (Å²) in [6, 6.07) is 23.4. The molecule has 1 heterocycles. The van der Waals surface area contributed by atoms with Crippen LogP contribution in [0, 0.1) is 27.7 Å². The molecule has 168 valence electrons. The molecular formula is C27H33N2O2S+. The Morgan fingerprint density at radius 2 is 1.19 bits per heavy atom. The van der Waals surface area contributed by atoms with Crippen LogP contribution in [0.3, 0.4) is 0 Å². The van der Waals surface area contributed by atoms with Crippen LogP contribution >= 0.6 is 0 Å². The van der Waals surface area contributed by atoms with E-state index in [1.807, 2.05) is 39.8 Å². The van der Waals surface area contributed by atoms with Gasteiger partial charge in [0.25, 0.3) is 0 Å². The van der Waals surface area contributed by atoms with Gasteiger partial charge in [0.1, 0.15) is 6.04 Å². The van der Waals surface area contributed by atoms with E-state index < -0.39 is 10.0 Å². The topological polar surface area (TPSA) is 41.8 Å². The average molecular weight is 450 g/mol. The Kier molecular flexibility index (Phi) is 6.52. The predicted molar refractivity (Wildman–Crippen MR) is 130 cm³/mol. The lowest BCUT2D eigenvalue weighted by Gasteiger charge is -2.37. The number of rotatable bonds is 5. The molecular weight excluding hydrogens is 416 g/mol. The summed E-state index contributed by atoms with van der Waals surface area (Å²) in [6.45, 7) is 10.4. The molecule has 1 aliphatic heterocycles. The van der Waals surface area contributed by atoms with Crippen molar-refractivity contribution in [3.8, 4) is 0 Å². The monoisotopic (exact) mass is 449 g/mol. The summed E-state index contributed by atoms with van der Waals surface area (Å²) in [5, 5.41) is 0. The van der Waals surface area contributed by atoms with Crippen molar-refractivity contribution in [2.75, 3.05) is 26.2 Å². The van der Waals surface area contributed by atoms with Crippen molar-refractivity contribution in [3.05, 3.63) is 100 Å². The summed E-state index contributed by atoms with van der Waals surface area (Å²) < 4.78 is 29.0. The van der Waals surface area contributed by atoms with Crippen LogP contribution in [0.4, 0.5) is 0 Å². The first kappa shape index (κ1) is 22.7. The Balaban J connectivity index is 1.61. The summed E-state index contributed by atoms with van der Waals surface area (Å²) in [7, 11) is -3.53. The zero-order valence-corrected chi connectivity index (χ0v) is 20.2. The Morgan fingerprint density at radius 3 is 1.62 bits per heavy atom. The van der Waals surface area contributed by atoms with Gasteiger partial charge in [0.05, 0.1) is 31.1 Å². The van der Waals surface area contributed by atoms with Crippen molar-refractivity contribution in [2.24, 2.45) is 0 Å². The molecule has 4 rings (SSSR count). The summed E-state index contributed by atoms with van der Waals surface area (Å²) in [5.74, 6) is 0. The van der Waals surface area contributed by atoms with Gasteiger partial charge in [0, 0.05) is 11.1 Å². The minimum atomic E-state index is -3.53. The van der Waals surface area contributed by atoms with Gasteiger partial charge >= 0.3 is 0 Å². The fourth-order valence-corrected chi connectivity index (χ4v) is 6.97. The molecule has 0 spiro atoms. The molecule has 0 saturated carbocycles. The maximum atomic E-state index is 13.7. The Bertz CT molecular complexity index is 1120. The lowest BCUT2D eigenvalue weighted by molar-refractivity contribution is -0.929. The zero-order valence-electron chi connectivity index (χ0n) is 19.4. The van der Waals surface area contributed by atoms with Gasteiger partial charge < -0.3 is 4.90 Å². The molecule has 0 atom stereocenters. The number of aryl methyl sites for hydroxylation is 2. The molecule has 0 radical (unpaired) electrons. The summed E-state index contributed by atoms with van der Waals surface area (Å²) in [6.07, 6.45) is 0. The van der Waals surface area contributed by atoms with E-state index in [9.17, 15) is 8.42 Å². The third-order valence-electron chi connectivity index (χ3n) is 6.93. The summed E-state index contributed by atoms with van der Waals surface area (Å²) in [4.78, 5) is 1.91. The van der Waals surface area contributed by atoms with Crippen molar-refractivity contribution in [1.82, 2.24) is 4.31 Å². The number of benzene rings is 3. The second-order valence-corrected chi connectivity index (χ2v) is 10.8. The maximum Gasteiger partial charge on any atom is 0.244 e. The highest BCUT2D eigenvalue weighted by Gasteiger charge is 2.36. The number of hydrogen-bond donors (Lipinski definition) is 1. The third kappa shape index (κ3) is 4.25. The fourth-order valence-electron chi connectivity index (χ4n) is 4.95. The molecule has 0 aromatic heterocycles. The standard InChI is InChI=1S/C27H32N2O2S/c1-20-19-21(2)23(4)27(22(20)3)32(30,31)29-17-15-28(16-18-29)26(24-11-7-5-8-12-24)25-13-9-6-10-14-25/h5-14,19,26H,15-18H2,1-4H3/p+1. The van der Waals surface area contributed by atoms with Crippen LogP contribution < -0.4 is 4.90 Å². The largest absolute Gasteiger partial charge is 0.323 e. The number of quaternary nitrogens is 1. The van der Waals surface area contributed by atoms with E-state index in [1.54, 1.807) is 4.31 Å². The Morgan fingerprint density at radius 1 is 0.750 bits per heavy atom. The minimum Gasteiger partial charge on any atom is -0.323 e. The Labute approximate surface area is 192 Å². The number of nitrogens with zero attached hydrogens (tertiary/aromatic N) is 1. The number of sulfonamides is 1. The van der Waals surface area contributed by atoms with Crippen molar-refractivity contribution in [2.45, 2.75) is 38.6 Å². The van der Waals surface area contributed by atoms with Crippen molar-refractivity contribution < 1.29 is 13.3 Å². The van der Waals surface area contributed by atoms with Crippen LogP contribution in [-0.2, 0) is 10.0 Å². The van der Waals surface area contributed by atoms with Crippen LogP contribution in [0.5, 0.6) is 0 Å². The summed E-state index contributed by atoms with van der Waals surface area (Å²) in [5.41, 5.74) is 6.34. The van der Waals surface area contributed by atoms with E-state index >= 15 is 0 Å². The normalized spacial score (nSPS) is 15.9. The lowest BCUT2D eigenvalue weighted by atomic mass is 9.96. The van der Waals surface area contributed by atoms with Gasteiger partial charge in [-0.05, 0) is 49.9 Å². The first-order valence-electron chi connectivity index (χ1n) is 11.3. The van der Waals surface area contributed by atoms with Gasteiger partial charge in [-0.2, -0.15) is 4.31 Å². The maximum absolute atomic E-state index is 13.7. The van der Waals surface area contributed by atoms with Gasteiger partial charge in [0.15, 0.2) is 0 Å². The first-order valence-corrected chi connectivity index (χ1v) is 12.8. The van der Waals surface area contributed by atoms with Crippen LogP contribution in [0.25, 0.3) is 0 Å². The molecule has 3 aromatic rings. The van der Waals surface area contributed by atoms with Gasteiger partial charge in [-0.25, -0.2) is 8.42 Å². The van der Waals surface area contributed by atoms with E-state index in [0.29, 0.717) is 18.0 Å². The average Bonchev–Trinajstić information content (AvgIpc) is 2.80. The van der Waals surface area contributed by atoms with Crippen molar-refractivity contribution >= 4 is 10.0 Å². The molecule has 5 heteroatoms. The number of nitrogens with one attached hydrogen (secondary N) is 1. The molecule has 1 saturated heterocycles.